The molecule has 0 radical (unpaired) electrons. The Kier molecular flexibility index (Phi) is 6.89. The molecule has 162 valence electrons. The molecule has 1 N–H and O–H groups in total. The predicted molar refractivity (Wildman–Crippen MR) is 115 cm³/mol. The molecule has 3 rings (SSSR count). The molecule has 2 heterocycles. The van der Waals surface area contributed by atoms with Crippen LogP contribution in [0.5, 0.6) is 5.75 Å². The van der Waals surface area contributed by atoms with E-state index in [0.29, 0.717) is 38.8 Å². The van der Waals surface area contributed by atoms with Gasteiger partial charge < -0.3 is 10.1 Å². The molecule has 0 aliphatic carbocycles. The number of hydrogen-bond acceptors (Lipinski definition) is 4. The second-order valence-corrected chi connectivity index (χ2v) is 10.8. The van der Waals surface area contributed by atoms with Crippen molar-refractivity contribution in [2.75, 3.05) is 18.8 Å². The third kappa shape index (κ3) is 5.31. The van der Waals surface area contributed by atoms with Crippen LogP contribution in [0.15, 0.2) is 24.3 Å². The van der Waals surface area contributed by atoms with Crippen LogP contribution >= 0.6 is 0 Å². The summed E-state index contributed by atoms with van der Waals surface area (Å²) < 4.78 is 33.2. The maximum absolute atomic E-state index is 12.6. The standard InChI is InChI=1S/C22H34N2O4S/c1-4-5-14-29(26,27)24-12-10-22(11-13-24)16-18(15-21(25)23-17(2)3)19-8-6-7-9-20(19)28-22/h6-9,17-18H,4-5,10-16H2,1-3H3,(H,23,25)/t18-/m0/s1. The van der Waals surface area contributed by atoms with Gasteiger partial charge in [0.25, 0.3) is 0 Å². The molecular weight excluding hydrogens is 388 g/mol. The maximum Gasteiger partial charge on any atom is 0.220 e. The van der Waals surface area contributed by atoms with Crippen LogP contribution < -0.4 is 10.1 Å². The normalized spacial score (nSPS) is 21.6. The smallest absolute Gasteiger partial charge is 0.220 e. The van der Waals surface area contributed by atoms with Crippen LogP contribution in [0.4, 0.5) is 0 Å². The third-order valence-electron chi connectivity index (χ3n) is 5.97. The summed E-state index contributed by atoms with van der Waals surface area (Å²) in [4.78, 5) is 12.4. The molecule has 2 aliphatic rings. The number of carbonyl (C=O) groups excluding carboxylic acids is 1. The fourth-order valence-corrected chi connectivity index (χ4v) is 6.12. The highest BCUT2D eigenvalue weighted by Crippen LogP contribution is 2.46. The van der Waals surface area contributed by atoms with Gasteiger partial charge in [0, 0.05) is 44.3 Å². The zero-order valence-electron chi connectivity index (χ0n) is 17.8. The second-order valence-electron chi connectivity index (χ2n) is 8.72. The van der Waals surface area contributed by atoms with Gasteiger partial charge in [0.2, 0.25) is 15.9 Å². The summed E-state index contributed by atoms with van der Waals surface area (Å²) in [5.41, 5.74) is 0.684. The Morgan fingerprint density at radius 3 is 2.62 bits per heavy atom. The highest BCUT2D eigenvalue weighted by molar-refractivity contribution is 7.89. The molecule has 2 aliphatic heterocycles. The van der Waals surface area contributed by atoms with Crippen LogP contribution in [-0.4, -0.2) is 49.1 Å². The number of nitrogens with one attached hydrogen (secondary N) is 1. The number of para-hydroxylation sites is 1. The van der Waals surface area contributed by atoms with E-state index >= 15 is 0 Å². The number of fused-ring (bicyclic) bond motifs is 1. The van der Waals surface area contributed by atoms with Gasteiger partial charge in [-0.15, -0.1) is 0 Å². The fourth-order valence-electron chi connectivity index (χ4n) is 4.47. The van der Waals surface area contributed by atoms with Crippen molar-refractivity contribution in [2.45, 2.75) is 76.9 Å². The Hall–Kier alpha value is -1.60. The van der Waals surface area contributed by atoms with Gasteiger partial charge in [-0.3, -0.25) is 4.79 Å². The van der Waals surface area contributed by atoms with Crippen LogP contribution in [0.1, 0.15) is 70.8 Å². The van der Waals surface area contributed by atoms with Gasteiger partial charge in [0.05, 0.1) is 5.75 Å². The first-order valence-corrected chi connectivity index (χ1v) is 12.4. The van der Waals surface area contributed by atoms with Gasteiger partial charge in [-0.05, 0) is 38.3 Å². The minimum absolute atomic E-state index is 0.0523. The van der Waals surface area contributed by atoms with Crippen LogP contribution in [0.3, 0.4) is 0 Å². The Bertz CT molecular complexity index is 814. The third-order valence-corrected chi connectivity index (χ3v) is 7.92. The van der Waals surface area contributed by atoms with Crippen molar-refractivity contribution in [2.24, 2.45) is 0 Å². The van der Waals surface area contributed by atoms with E-state index < -0.39 is 15.6 Å². The molecular formula is C22H34N2O4S. The molecule has 1 aromatic rings. The minimum Gasteiger partial charge on any atom is -0.487 e. The van der Waals surface area contributed by atoms with E-state index in [1.54, 1.807) is 4.31 Å². The number of hydrogen-bond donors (Lipinski definition) is 1. The van der Waals surface area contributed by atoms with Crippen molar-refractivity contribution in [1.82, 2.24) is 9.62 Å². The van der Waals surface area contributed by atoms with E-state index in [9.17, 15) is 13.2 Å². The summed E-state index contributed by atoms with van der Waals surface area (Å²) in [5.74, 6) is 1.19. The highest BCUT2D eigenvalue weighted by atomic mass is 32.2. The van der Waals surface area contributed by atoms with Crippen LogP contribution in [-0.2, 0) is 14.8 Å². The zero-order valence-corrected chi connectivity index (χ0v) is 18.6. The summed E-state index contributed by atoms with van der Waals surface area (Å²) in [6, 6.07) is 8.06. The lowest BCUT2D eigenvalue weighted by molar-refractivity contribution is -0.122. The van der Waals surface area contributed by atoms with Crippen molar-refractivity contribution >= 4 is 15.9 Å². The van der Waals surface area contributed by atoms with Gasteiger partial charge >= 0.3 is 0 Å². The number of piperidine rings is 1. The first kappa shape index (κ1) is 22.1. The Morgan fingerprint density at radius 2 is 1.97 bits per heavy atom. The summed E-state index contributed by atoms with van der Waals surface area (Å²) in [6.07, 6.45) is 4.07. The van der Waals surface area contributed by atoms with E-state index in [2.05, 4.69) is 5.32 Å². The quantitative estimate of drug-likeness (QED) is 0.730. The monoisotopic (exact) mass is 422 g/mol. The van der Waals surface area contributed by atoms with Crippen molar-refractivity contribution < 1.29 is 17.9 Å². The first-order valence-electron chi connectivity index (χ1n) is 10.8. The van der Waals surface area contributed by atoms with Gasteiger partial charge in [-0.2, -0.15) is 0 Å². The number of nitrogens with zero attached hydrogens (tertiary/aromatic N) is 1. The molecule has 0 unspecified atom stereocenters. The number of rotatable bonds is 7. The number of unbranched alkanes of at least 4 members (excludes halogenated alkanes) is 1. The fraction of sp³-hybridized carbons (Fsp3) is 0.682. The molecule has 0 saturated carbocycles. The van der Waals surface area contributed by atoms with Crippen molar-refractivity contribution in [3.05, 3.63) is 29.8 Å². The van der Waals surface area contributed by atoms with E-state index in [4.69, 9.17) is 4.74 Å². The van der Waals surface area contributed by atoms with Gasteiger partial charge in [0.1, 0.15) is 11.4 Å². The molecule has 0 aromatic heterocycles. The lowest BCUT2D eigenvalue weighted by Gasteiger charge is -2.46. The summed E-state index contributed by atoms with van der Waals surface area (Å²) in [7, 11) is -3.19. The summed E-state index contributed by atoms with van der Waals surface area (Å²) >= 11 is 0. The molecule has 1 fully saturated rings. The van der Waals surface area contributed by atoms with Crippen molar-refractivity contribution in [3.8, 4) is 5.75 Å². The van der Waals surface area contributed by atoms with E-state index in [-0.39, 0.29) is 23.6 Å². The summed E-state index contributed by atoms with van der Waals surface area (Å²) in [6.45, 7) is 6.90. The van der Waals surface area contributed by atoms with Crippen LogP contribution in [0, 0.1) is 0 Å². The van der Waals surface area contributed by atoms with E-state index in [1.165, 1.54) is 0 Å². The molecule has 1 spiro atoms. The van der Waals surface area contributed by atoms with Gasteiger partial charge in [-0.25, -0.2) is 12.7 Å². The predicted octanol–water partition coefficient (Wildman–Crippen LogP) is 3.43. The van der Waals surface area contributed by atoms with Crippen molar-refractivity contribution in [1.29, 1.82) is 0 Å². The molecule has 7 heteroatoms. The maximum atomic E-state index is 12.6. The molecule has 29 heavy (non-hydrogen) atoms. The highest BCUT2D eigenvalue weighted by Gasteiger charge is 2.45. The largest absolute Gasteiger partial charge is 0.487 e. The van der Waals surface area contributed by atoms with Crippen molar-refractivity contribution in [3.63, 3.8) is 0 Å². The minimum atomic E-state index is -3.19. The molecule has 1 amide bonds. The number of carbonyl (C=O) groups is 1. The van der Waals surface area contributed by atoms with E-state index in [1.807, 2.05) is 45.0 Å². The van der Waals surface area contributed by atoms with Crippen LogP contribution in [0.2, 0.25) is 0 Å². The zero-order chi connectivity index (χ0) is 21.1. The molecule has 1 aromatic carbocycles. The average Bonchev–Trinajstić information content (AvgIpc) is 2.66. The molecule has 6 nitrogen and oxygen atoms in total. The number of amides is 1. The number of sulfonamides is 1. The SMILES string of the molecule is CCCCS(=O)(=O)N1CCC2(CC1)C[C@H](CC(=O)NC(C)C)c1ccccc1O2. The second kappa shape index (κ2) is 9.04. The number of ether oxygens (including phenoxy) is 1. The number of benzene rings is 1. The molecule has 1 saturated heterocycles. The topological polar surface area (TPSA) is 75.7 Å². The molecule has 0 bridgehead atoms. The lowest BCUT2D eigenvalue weighted by atomic mass is 9.76. The Morgan fingerprint density at radius 1 is 1.28 bits per heavy atom. The Balaban J connectivity index is 1.74. The Labute approximate surface area is 175 Å². The summed E-state index contributed by atoms with van der Waals surface area (Å²) in [5, 5.41) is 2.99. The molecule has 1 atom stereocenters. The van der Waals surface area contributed by atoms with E-state index in [0.717, 1.165) is 24.2 Å². The van der Waals surface area contributed by atoms with Gasteiger partial charge in [-0.1, -0.05) is 31.5 Å². The lowest BCUT2D eigenvalue weighted by Crippen LogP contribution is -2.52. The first-order chi connectivity index (χ1) is 13.7. The average molecular weight is 423 g/mol. The van der Waals surface area contributed by atoms with Crippen LogP contribution in [0.25, 0.3) is 0 Å². The van der Waals surface area contributed by atoms with Gasteiger partial charge in [0.15, 0.2) is 0 Å².